The number of aromatic nitrogens is 2. The van der Waals surface area contributed by atoms with Crippen molar-refractivity contribution in [2.24, 2.45) is 0 Å². The molecule has 0 atom stereocenters. The number of para-hydroxylation sites is 2. The van der Waals surface area contributed by atoms with Crippen LogP contribution in [-0.2, 0) is 14.8 Å². The molecular formula is C23H27BrN6O4S. The summed E-state index contributed by atoms with van der Waals surface area (Å²) in [6, 6.07) is 12.9. The monoisotopic (exact) mass is 562 g/mol. The van der Waals surface area contributed by atoms with Crippen LogP contribution >= 0.6 is 15.9 Å². The van der Waals surface area contributed by atoms with Gasteiger partial charge in [-0.1, -0.05) is 12.1 Å². The maximum Gasteiger partial charge on any atom is 0.229 e. The molecule has 1 aliphatic heterocycles. The van der Waals surface area contributed by atoms with Crippen LogP contribution in [0.1, 0.15) is 6.92 Å². The molecule has 4 rings (SSSR count). The highest BCUT2D eigenvalue weighted by Gasteiger charge is 2.16. The van der Waals surface area contributed by atoms with E-state index in [-0.39, 0.29) is 0 Å². The Kier molecular flexibility index (Phi) is 7.93. The second kappa shape index (κ2) is 11.1. The normalized spacial score (nSPS) is 13.9. The van der Waals surface area contributed by atoms with Crippen LogP contribution in [0.5, 0.6) is 5.75 Å². The van der Waals surface area contributed by atoms with Crippen molar-refractivity contribution in [1.82, 2.24) is 9.97 Å². The Morgan fingerprint density at radius 2 is 1.83 bits per heavy atom. The molecule has 2 aromatic carbocycles. The molecule has 0 unspecified atom stereocenters. The first-order valence-electron chi connectivity index (χ1n) is 11.1. The quantitative estimate of drug-likeness (QED) is 0.350. The molecule has 35 heavy (non-hydrogen) atoms. The Labute approximate surface area is 213 Å². The lowest BCUT2D eigenvalue weighted by Gasteiger charge is -2.29. The lowest BCUT2D eigenvalue weighted by Crippen LogP contribution is -2.36. The van der Waals surface area contributed by atoms with Crippen LogP contribution in [0.4, 0.5) is 34.5 Å². The molecule has 3 aromatic rings. The van der Waals surface area contributed by atoms with Gasteiger partial charge in [-0.05, 0) is 47.1 Å². The average Bonchev–Trinajstić information content (AvgIpc) is 2.83. The molecule has 186 valence electrons. The van der Waals surface area contributed by atoms with Crippen molar-refractivity contribution in [2.45, 2.75) is 6.92 Å². The predicted molar refractivity (Wildman–Crippen MR) is 142 cm³/mol. The van der Waals surface area contributed by atoms with Crippen LogP contribution in [0.15, 0.2) is 53.1 Å². The maximum atomic E-state index is 11.7. The molecule has 0 bridgehead atoms. The minimum Gasteiger partial charge on any atom is -0.492 e. The smallest absolute Gasteiger partial charge is 0.229 e. The van der Waals surface area contributed by atoms with Crippen molar-refractivity contribution in [3.63, 3.8) is 0 Å². The van der Waals surface area contributed by atoms with Gasteiger partial charge in [-0.2, -0.15) is 4.98 Å². The molecule has 0 amide bonds. The zero-order valence-electron chi connectivity index (χ0n) is 19.4. The van der Waals surface area contributed by atoms with Gasteiger partial charge in [-0.15, -0.1) is 0 Å². The highest BCUT2D eigenvalue weighted by molar-refractivity contribution is 9.10. The second-order valence-corrected chi connectivity index (χ2v) is 10.4. The highest BCUT2D eigenvalue weighted by atomic mass is 79.9. The lowest BCUT2D eigenvalue weighted by molar-refractivity contribution is 0.122. The van der Waals surface area contributed by atoms with Crippen molar-refractivity contribution >= 4 is 60.5 Å². The fourth-order valence-electron chi connectivity index (χ4n) is 3.55. The third kappa shape index (κ3) is 6.74. The summed E-state index contributed by atoms with van der Waals surface area (Å²) in [5.74, 6) is 1.51. The van der Waals surface area contributed by atoms with E-state index in [0.717, 1.165) is 30.7 Å². The molecule has 0 spiro atoms. The summed E-state index contributed by atoms with van der Waals surface area (Å²) in [6.45, 7) is 5.52. The van der Waals surface area contributed by atoms with Crippen LogP contribution in [-0.4, -0.2) is 57.6 Å². The predicted octanol–water partition coefficient (Wildman–Crippen LogP) is 4.33. The van der Waals surface area contributed by atoms with E-state index < -0.39 is 10.0 Å². The summed E-state index contributed by atoms with van der Waals surface area (Å²) in [6.07, 6.45) is 2.72. The van der Waals surface area contributed by atoms with E-state index in [1.54, 1.807) is 30.5 Å². The van der Waals surface area contributed by atoms with E-state index in [4.69, 9.17) is 9.47 Å². The summed E-state index contributed by atoms with van der Waals surface area (Å²) in [5.41, 5.74) is 2.76. The van der Waals surface area contributed by atoms with Gasteiger partial charge in [0, 0.05) is 31.0 Å². The van der Waals surface area contributed by atoms with Crippen molar-refractivity contribution < 1.29 is 17.9 Å². The fraction of sp³-hybridized carbons (Fsp3) is 0.304. The average molecular weight is 563 g/mol. The lowest BCUT2D eigenvalue weighted by atomic mass is 10.2. The first-order chi connectivity index (χ1) is 16.8. The fourth-order valence-corrected chi connectivity index (χ4v) is 4.42. The van der Waals surface area contributed by atoms with E-state index in [1.165, 1.54) is 0 Å². The Morgan fingerprint density at radius 3 is 2.54 bits per heavy atom. The summed E-state index contributed by atoms with van der Waals surface area (Å²) in [4.78, 5) is 11.2. The zero-order valence-corrected chi connectivity index (χ0v) is 21.8. The van der Waals surface area contributed by atoms with E-state index in [2.05, 4.69) is 46.2 Å². The molecule has 0 saturated carbocycles. The third-order valence-corrected chi connectivity index (χ3v) is 6.28. The molecule has 1 saturated heterocycles. The van der Waals surface area contributed by atoms with Crippen molar-refractivity contribution in [3.05, 3.63) is 53.1 Å². The number of hydrogen-bond donors (Lipinski definition) is 3. The van der Waals surface area contributed by atoms with E-state index in [0.29, 0.717) is 53.2 Å². The van der Waals surface area contributed by atoms with Gasteiger partial charge in [0.25, 0.3) is 0 Å². The van der Waals surface area contributed by atoms with Crippen molar-refractivity contribution in [1.29, 1.82) is 0 Å². The number of benzene rings is 2. The van der Waals surface area contributed by atoms with Crippen molar-refractivity contribution in [2.75, 3.05) is 59.4 Å². The molecule has 3 N–H and O–H groups in total. The molecule has 1 fully saturated rings. The van der Waals surface area contributed by atoms with Crippen molar-refractivity contribution in [3.8, 4) is 5.75 Å². The van der Waals surface area contributed by atoms with Gasteiger partial charge in [-0.3, -0.25) is 4.72 Å². The van der Waals surface area contributed by atoms with Gasteiger partial charge in [0.1, 0.15) is 11.6 Å². The standard InChI is InChI=1S/C23H27BrN6O4S/c1-3-34-21-14-16(30-10-12-33-13-11-30)8-9-20(21)27-23-25-15-17(24)22(28-23)26-18-6-4-5-7-19(18)29-35(2,31)32/h4-9,14-15,29H,3,10-13H2,1-2H3,(H2,25,26,27,28). The maximum absolute atomic E-state index is 11.7. The van der Waals surface area contributed by atoms with Gasteiger partial charge in [0.2, 0.25) is 16.0 Å². The Bertz CT molecular complexity index is 1280. The largest absolute Gasteiger partial charge is 0.492 e. The number of ether oxygens (including phenoxy) is 2. The number of hydrogen-bond acceptors (Lipinski definition) is 9. The van der Waals surface area contributed by atoms with Crippen LogP contribution in [0, 0.1) is 0 Å². The second-order valence-electron chi connectivity index (χ2n) is 7.77. The van der Waals surface area contributed by atoms with Gasteiger partial charge in [0.15, 0.2) is 0 Å². The number of nitrogens with one attached hydrogen (secondary N) is 3. The summed E-state index contributed by atoms with van der Waals surface area (Å²) >= 11 is 3.46. The Hall–Kier alpha value is -3.09. The minimum absolute atomic E-state index is 0.351. The molecule has 2 heterocycles. The Balaban J connectivity index is 1.58. The van der Waals surface area contributed by atoms with Gasteiger partial charge in [0.05, 0.1) is 47.6 Å². The first-order valence-corrected chi connectivity index (χ1v) is 13.7. The number of sulfonamides is 1. The van der Waals surface area contributed by atoms with E-state index in [1.807, 2.05) is 25.1 Å². The molecule has 12 heteroatoms. The molecular weight excluding hydrogens is 536 g/mol. The minimum atomic E-state index is -3.44. The number of morpholine rings is 1. The van der Waals surface area contributed by atoms with Gasteiger partial charge < -0.3 is 25.0 Å². The first kappa shape index (κ1) is 25.0. The summed E-state index contributed by atoms with van der Waals surface area (Å²) < 4.78 is 37.9. The van der Waals surface area contributed by atoms with Crippen LogP contribution in [0.2, 0.25) is 0 Å². The van der Waals surface area contributed by atoms with Crippen LogP contribution < -0.4 is 25.0 Å². The molecule has 1 aliphatic rings. The number of nitrogens with zero attached hydrogens (tertiary/aromatic N) is 3. The molecule has 0 aliphatic carbocycles. The molecule has 10 nitrogen and oxygen atoms in total. The van der Waals surface area contributed by atoms with Gasteiger partial charge >= 0.3 is 0 Å². The number of anilines is 6. The summed E-state index contributed by atoms with van der Waals surface area (Å²) in [7, 11) is -3.44. The summed E-state index contributed by atoms with van der Waals surface area (Å²) in [5, 5.41) is 6.40. The molecule has 0 radical (unpaired) electrons. The third-order valence-electron chi connectivity index (χ3n) is 5.11. The number of halogens is 1. The Morgan fingerprint density at radius 1 is 1.09 bits per heavy atom. The SMILES string of the molecule is CCOc1cc(N2CCOCC2)ccc1Nc1ncc(Br)c(Nc2ccccc2NS(C)(=O)=O)n1. The van der Waals surface area contributed by atoms with E-state index in [9.17, 15) is 8.42 Å². The topological polar surface area (TPSA) is 118 Å². The van der Waals surface area contributed by atoms with Crippen LogP contribution in [0.25, 0.3) is 0 Å². The van der Waals surface area contributed by atoms with Gasteiger partial charge in [-0.25, -0.2) is 13.4 Å². The molecule has 1 aromatic heterocycles. The van der Waals surface area contributed by atoms with E-state index >= 15 is 0 Å². The number of rotatable bonds is 9. The highest BCUT2D eigenvalue weighted by Crippen LogP contribution is 2.34. The van der Waals surface area contributed by atoms with Crippen LogP contribution in [0.3, 0.4) is 0 Å². The zero-order chi connectivity index (χ0) is 24.8.